The third-order valence-electron chi connectivity index (χ3n) is 3.36. The third kappa shape index (κ3) is 2.93. The minimum Gasteiger partial charge on any atom is -0.493 e. The maximum absolute atomic E-state index is 5.88. The summed E-state index contributed by atoms with van der Waals surface area (Å²) >= 11 is 0. The summed E-state index contributed by atoms with van der Waals surface area (Å²) in [6, 6.07) is 4.51. The number of nitrogens with one attached hydrogen (secondary N) is 1. The number of methoxy groups -OCH3 is 3. The smallest absolute Gasteiger partial charge is 0.203 e. The highest BCUT2D eigenvalue weighted by molar-refractivity contribution is 5.56. The van der Waals surface area contributed by atoms with Crippen LogP contribution in [0.5, 0.6) is 17.2 Å². The highest BCUT2D eigenvalue weighted by Crippen LogP contribution is 2.42. The van der Waals surface area contributed by atoms with Crippen LogP contribution in [0, 0.1) is 0 Å². The summed E-state index contributed by atoms with van der Waals surface area (Å²) in [5.41, 5.74) is 6.89. The van der Waals surface area contributed by atoms with Gasteiger partial charge in [-0.1, -0.05) is 0 Å². The van der Waals surface area contributed by atoms with Crippen LogP contribution in [0.3, 0.4) is 0 Å². The number of rotatable bonds is 7. The fraction of sp³-hybridized carbons (Fsp3) is 0.571. The third-order valence-corrected chi connectivity index (χ3v) is 3.36. The van der Waals surface area contributed by atoms with E-state index in [-0.39, 0.29) is 6.04 Å². The van der Waals surface area contributed by atoms with Crippen molar-refractivity contribution in [2.24, 2.45) is 5.73 Å². The molecule has 1 aliphatic carbocycles. The van der Waals surface area contributed by atoms with Gasteiger partial charge >= 0.3 is 0 Å². The second-order valence-corrected chi connectivity index (χ2v) is 4.65. The Kier molecular flexibility index (Phi) is 4.50. The summed E-state index contributed by atoms with van der Waals surface area (Å²) in [6.45, 7) is 0.516. The van der Waals surface area contributed by atoms with Crippen molar-refractivity contribution in [2.75, 3.05) is 27.9 Å². The molecule has 0 aromatic heterocycles. The molecule has 1 aliphatic rings. The van der Waals surface area contributed by atoms with E-state index in [0.717, 1.165) is 5.56 Å². The van der Waals surface area contributed by atoms with Gasteiger partial charge in [0.25, 0.3) is 0 Å². The van der Waals surface area contributed by atoms with E-state index >= 15 is 0 Å². The molecule has 0 aliphatic heterocycles. The first-order chi connectivity index (χ1) is 9.24. The van der Waals surface area contributed by atoms with Crippen molar-refractivity contribution in [1.29, 1.82) is 0 Å². The highest BCUT2D eigenvalue weighted by Gasteiger charge is 2.28. The van der Waals surface area contributed by atoms with E-state index < -0.39 is 0 Å². The molecule has 1 fully saturated rings. The standard InChI is InChI=1S/C14H22N2O3/c1-17-12-7-6-10(13(18-2)14(12)19-3)11(8-15)16-9-4-5-9/h6-7,9,11,16H,4-5,8,15H2,1-3H3. The van der Waals surface area contributed by atoms with E-state index in [1.807, 2.05) is 12.1 Å². The van der Waals surface area contributed by atoms with Gasteiger partial charge < -0.3 is 25.3 Å². The second-order valence-electron chi connectivity index (χ2n) is 4.65. The molecule has 5 heteroatoms. The summed E-state index contributed by atoms with van der Waals surface area (Å²) in [6.07, 6.45) is 2.43. The van der Waals surface area contributed by atoms with Crippen LogP contribution in [0.15, 0.2) is 12.1 Å². The molecular formula is C14H22N2O3. The Morgan fingerprint density at radius 1 is 1.16 bits per heavy atom. The zero-order valence-electron chi connectivity index (χ0n) is 11.7. The lowest BCUT2D eigenvalue weighted by Crippen LogP contribution is -2.30. The molecule has 0 radical (unpaired) electrons. The fourth-order valence-electron chi connectivity index (χ4n) is 2.22. The van der Waals surface area contributed by atoms with Crippen LogP contribution in [-0.4, -0.2) is 33.9 Å². The minimum absolute atomic E-state index is 0.0715. The van der Waals surface area contributed by atoms with Gasteiger partial charge in [-0.3, -0.25) is 0 Å². The molecule has 1 saturated carbocycles. The predicted molar refractivity (Wildman–Crippen MR) is 74.1 cm³/mol. The summed E-state index contributed by atoms with van der Waals surface area (Å²) in [5.74, 6) is 1.95. The molecule has 1 aromatic rings. The average molecular weight is 266 g/mol. The van der Waals surface area contributed by atoms with Gasteiger partial charge in [0.1, 0.15) is 0 Å². The lowest BCUT2D eigenvalue weighted by Gasteiger charge is -2.22. The number of hydrogen-bond donors (Lipinski definition) is 2. The predicted octanol–water partition coefficient (Wildman–Crippen LogP) is 1.46. The van der Waals surface area contributed by atoms with Crippen molar-refractivity contribution in [1.82, 2.24) is 5.32 Å². The lowest BCUT2D eigenvalue weighted by atomic mass is 10.0. The first-order valence-corrected chi connectivity index (χ1v) is 6.50. The Bertz CT molecular complexity index is 433. The summed E-state index contributed by atoms with van der Waals surface area (Å²) in [4.78, 5) is 0. The quantitative estimate of drug-likeness (QED) is 0.782. The van der Waals surface area contributed by atoms with Crippen LogP contribution in [0.1, 0.15) is 24.4 Å². The molecule has 1 unspecified atom stereocenters. The molecule has 0 bridgehead atoms. The molecule has 0 amide bonds. The van der Waals surface area contributed by atoms with Gasteiger partial charge in [-0.05, 0) is 25.0 Å². The maximum atomic E-state index is 5.88. The first kappa shape index (κ1) is 14.0. The normalized spacial score (nSPS) is 16.0. The summed E-state index contributed by atoms with van der Waals surface area (Å²) in [7, 11) is 4.85. The van der Waals surface area contributed by atoms with Crippen LogP contribution >= 0.6 is 0 Å². The molecule has 0 heterocycles. The molecule has 5 nitrogen and oxygen atoms in total. The number of nitrogens with two attached hydrogens (primary N) is 1. The molecule has 3 N–H and O–H groups in total. The molecular weight excluding hydrogens is 244 g/mol. The lowest BCUT2D eigenvalue weighted by molar-refractivity contribution is 0.319. The van der Waals surface area contributed by atoms with Crippen molar-refractivity contribution in [3.63, 3.8) is 0 Å². The van der Waals surface area contributed by atoms with Gasteiger partial charge in [0.15, 0.2) is 11.5 Å². The monoisotopic (exact) mass is 266 g/mol. The minimum atomic E-state index is 0.0715. The van der Waals surface area contributed by atoms with E-state index in [0.29, 0.717) is 29.8 Å². The fourth-order valence-corrected chi connectivity index (χ4v) is 2.22. The molecule has 19 heavy (non-hydrogen) atoms. The van der Waals surface area contributed by atoms with Crippen molar-refractivity contribution in [2.45, 2.75) is 24.9 Å². The van der Waals surface area contributed by atoms with Gasteiger partial charge in [-0.2, -0.15) is 0 Å². The Labute approximate surface area is 114 Å². The van der Waals surface area contributed by atoms with E-state index in [1.165, 1.54) is 12.8 Å². The maximum Gasteiger partial charge on any atom is 0.203 e. The van der Waals surface area contributed by atoms with Crippen molar-refractivity contribution >= 4 is 0 Å². The van der Waals surface area contributed by atoms with Gasteiger partial charge in [-0.15, -0.1) is 0 Å². The summed E-state index contributed by atoms with van der Waals surface area (Å²) in [5, 5.41) is 3.52. The Morgan fingerprint density at radius 2 is 1.84 bits per heavy atom. The zero-order chi connectivity index (χ0) is 13.8. The average Bonchev–Trinajstić information content (AvgIpc) is 3.26. The molecule has 0 saturated heterocycles. The van der Waals surface area contributed by atoms with Gasteiger partial charge in [0, 0.05) is 24.2 Å². The SMILES string of the molecule is COc1ccc(C(CN)NC2CC2)c(OC)c1OC. The number of ether oxygens (including phenoxy) is 3. The van der Waals surface area contributed by atoms with E-state index in [9.17, 15) is 0 Å². The van der Waals surface area contributed by atoms with E-state index in [4.69, 9.17) is 19.9 Å². The van der Waals surface area contributed by atoms with Crippen molar-refractivity contribution in [3.05, 3.63) is 17.7 Å². The second kappa shape index (κ2) is 6.12. The Hall–Kier alpha value is -1.46. The molecule has 0 spiro atoms. The van der Waals surface area contributed by atoms with Crippen LogP contribution in [0.25, 0.3) is 0 Å². The van der Waals surface area contributed by atoms with Gasteiger partial charge in [0.2, 0.25) is 5.75 Å². The van der Waals surface area contributed by atoms with E-state index in [1.54, 1.807) is 21.3 Å². The van der Waals surface area contributed by atoms with Crippen molar-refractivity contribution < 1.29 is 14.2 Å². The first-order valence-electron chi connectivity index (χ1n) is 6.50. The van der Waals surface area contributed by atoms with Crippen molar-refractivity contribution in [3.8, 4) is 17.2 Å². The molecule has 2 rings (SSSR count). The topological polar surface area (TPSA) is 65.7 Å². The van der Waals surface area contributed by atoms with Crippen LogP contribution in [0.2, 0.25) is 0 Å². The van der Waals surface area contributed by atoms with E-state index in [2.05, 4.69) is 5.32 Å². The molecule has 1 atom stereocenters. The number of hydrogen-bond acceptors (Lipinski definition) is 5. The zero-order valence-corrected chi connectivity index (χ0v) is 11.7. The summed E-state index contributed by atoms with van der Waals surface area (Å²) < 4.78 is 16.2. The van der Waals surface area contributed by atoms with Crippen LogP contribution < -0.4 is 25.3 Å². The number of benzene rings is 1. The Balaban J connectivity index is 2.36. The van der Waals surface area contributed by atoms with Gasteiger partial charge in [-0.25, -0.2) is 0 Å². The molecule has 106 valence electrons. The van der Waals surface area contributed by atoms with Gasteiger partial charge in [0.05, 0.1) is 21.3 Å². The largest absolute Gasteiger partial charge is 0.493 e. The Morgan fingerprint density at radius 3 is 2.32 bits per heavy atom. The highest BCUT2D eigenvalue weighted by atomic mass is 16.5. The molecule has 1 aromatic carbocycles. The van der Waals surface area contributed by atoms with Crippen LogP contribution in [-0.2, 0) is 0 Å². The van der Waals surface area contributed by atoms with Crippen LogP contribution in [0.4, 0.5) is 0 Å².